The number of hydrogen-bond acceptors (Lipinski definition) is 1. The second-order valence-corrected chi connectivity index (χ2v) is 2.31. The third kappa shape index (κ3) is 1.01. The summed E-state index contributed by atoms with van der Waals surface area (Å²) in [5.41, 5.74) is 7.36. The van der Waals surface area contributed by atoms with Crippen molar-refractivity contribution in [2.24, 2.45) is 0 Å². The largest absolute Gasteiger partial charge is 0.380 e. The Balaban J connectivity index is 2.30. The lowest BCUT2D eigenvalue weighted by molar-refractivity contribution is 0.0942. The summed E-state index contributed by atoms with van der Waals surface area (Å²) in [6.45, 7) is 0. The van der Waals surface area contributed by atoms with Gasteiger partial charge < -0.3 is 4.74 Å². The predicted molar refractivity (Wildman–Crippen MR) is 31.5 cm³/mol. The van der Waals surface area contributed by atoms with Crippen LogP contribution in [0.15, 0.2) is 0 Å². The van der Waals surface area contributed by atoms with E-state index in [-0.39, 0.29) is 12.1 Å². The Kier molecular flexibility index (Phi) is 1.86. The molecule has 1 unspecified atom stereocenters. The molecule has 1 N–H and O–H groups in total. The standard InChI is InChI=1S/C6H12NO/c1-8-6-4-2-3-5(6)7/h5-7H,2-4H2,1H3/t5?,6-/m0/s1. The minimum absolute atomic E-state index is 0.0556. The van der Waals surface area contributed by atoms with E-state index in [0.717, 1.165) is 12.8 Å². The normalized spacial score (nSPS) is 38.2. The van der Waals surface area contributed by atoms with E-state index < -0.39 is 0 Å². The maximum atomic E-state index is 7.36. The van der Waals surface area contributed by atoms with E-state index in [0.29, 0.717) is 0 Å². The molecule has 2 atom stereocenters. The van der Waals surface area contributed by atoms with Gasteiger partial charge in [-0.1, -0.05) is 0 Å². The average molecular weight is 114 g/mol. The minimum Gasteiger partial charge on any atom is -0.380 e. The highest BCUT2D eigenvalue weighted by atomic mass is 16.5. The molecule has 2 heteroatoms. The van der Waals surface area contributed by atoms with E-state index >= 15 is 0 Å². The summed E-state index contributed by atoms with van der Waals surface area (Å²) in [6.07, 6.45) is 3.52. The van der Waals surface area contributed by atoms with Gasteiger partial charge >= 0.3 is 0 Å². The Hall–Kier alpha value is -0.0800. The first-order valence-electron chi connectivity index (χ1n) is 3.08. The Morgan fingerprint density at radius 1 is 1.50 bits per heavy atom. The van der Waals surface area contributed by atoms with Crippen LogP contribution in [0, 0.1) is 0 Å². The molecule has 0 heterocycles. The van der Waals surface area contributed by atoms with Gasteiger partial charge in [-0.3, -0.25) is 5.73 Å². The summed E-state index contributed by atoms with van der Waals surface area (Å²) in [6, 6.07) is 0.0556. The lowest BCUT2D eigenvalue weighted by atomic mass is 10.2. The van der Waals surface area contributed by atoms with Crippen LogP contribution in [-0.2, 0) is 4.74 Å². The van der Waals surface area contributed by atoms with Crippen LogP contribution in [-0.4, -0.2) is 19.3 Å². The number of rotatable bonds is 1. The van der Waals surface area contributed by atoms with Crippen LogP contribution in [0.3, 0.4) is 0 Å². The summed E-state index contributed by atoms with van der Waals surface area (Å²) >= 11 is 0. The van der Waals surface area contributed by atoms with E-state index in [9.17, 15) is 0 Å². The first kappa shape index (κ1) is 6.05. The first-order chi connectivity index (χ1) is 3.84. The predicted octanol–water partition coefficient (Wildman–Crippen LogP) is 0.837. The third-order valence-electron chi connectivity index (χ3n) is 1.76. The molecule has 1 rings (SSSR count). The van der Waals surface area contributed by atoms with Crippen molar-refractivity contribution < 1.29 is 4.74 Å². The second kappa shape index (κ2) is 2.46. The smallest absolute Gasteiger partial charge is 0.0737 e. The van der Waals surface area contributed by atoms with Crippen molar-refractivity contribution in [3.05, 3.63) is 0 Å². The Morgan fingerprint density at radius 3 is 2.50 bits per heavy atom. The topological polar surface area (TPSA) is 33.0 Å². The van der Waals surface area contributed by atoms with Gasteiger partial charge in [-0.2, -0.15) is 0 Å². The molecule has 0 aromatic carbocycles. The highest BCUT2D eigenvalue weighted by Gasteiger charge is 2.23. The van der Waals surface area contributed by atoms with Gasteiger partial charge in [0.15, 0.2) is 0 Å². The van der Waals surface area contributed by atoms with Gasteiger partial charge in [-0.15, -0.1) is 0 Å². The maximum absolute atomic E-state index is 7.36. The number of ether oxygens (including phenoxy) is 1. The summed E-state index contributed by atoms with van der Waals surface area (Å²) < 4.78 is 5.04. The minimum atomic E-state index is 0.0556. The molecule has 1 aliphatic carbocycles. The van der Waals surface area contributed by atoms with E-state index in [1.807, 2.05) is 0 Å². The van der Waals surface area contributed by atoms with E-state index in [1.165, 1.54) is 6.42 Å². The molecule has 0 saturated heterocycles. The fourth-order valence-electron chi connectivity index (χ4n) is 1.21. The molecule has 0 spiro atoms. The van der Waals surface area contributed by atoms with Crippen LogP contribution in [0.5, 0.6) is 0 Å². The first-order valence-corrected chi connectivity index (χ1v) is 3.08. The molecule has 1 radical (unpaired) electrons. The van der Waals surface area contributed by atoms with Gasteiger partial charge in [0.25, 0.3) is 0 Å². The van der Waals surface area contributed by atoms with Crippen LogP contribution in [0.4, 0.5) is 0 Å². The van der Waals surface area contributed by atoms with Crippen molar-refractivity contribution in [3.8, 4) is 0 Å². The third-order valence-corrected chi connectivity index (χ3v) is 1.76. The van der Waals surface area contributed by atoms with E-state index in [4.69, 9.17) is 10.5 Å². The quantitative estimate of drug-likeness (QED) is 0.497. The average Bonchev–Trinajstić information content (AvgIpc) is 2.14. The summed E-state index contributed by atoms with van der Waals surface area (Å²) in [7, 11) is 1.69. The van der Waals surface area contributed by atoms with Gasteiger partial charge in [-0.25, -0.2) is 0 Å². The van der Waals surface area contributed by atoms with Crippen molar-refractivity contribution in [1.82, 2.24) is 5.73 Å². The summed E-state index contributed by atoms with van der Waals surface area (Å²) in [5, 5.41) is 0. The van der Waals surface area contributed by atoms with Crippen molar-refractivity contribution in [2.45, 2.75) is 31.4 Å². The zero-order valence-corrected chi connectivity index (χ0v) is 5.18. The maximum Gasteiger partial charge on any atom is 0.0737 e. The Morgan fingerprint density at radius 2 is 2.25 bits per heavy atom. The highest BCUT2D eigenvalue weighted by Crippen LogP contribution is 2.19. The SMILES string of the molecule is CO[C@H]1CCCC1[NH]. The van der Waals surface area contributed by atoms with Crippen LogP contribution in [0.25, 0.3) is 0 Å². The Labute approximate surface area is 50.0 Å². The van der Waals surface area contributed by atoms with Crippen molar-refractivity contribution >= 4 is 0 Å². The van der Waals surface area contributed by atoms with Crippen LogP contribution >= 0.6 is 0 Å². The zero-order valence-electron chi connectivity index (χ0n) is 5.18. The fourth-order valence-corrected chi connectivity index (χ4v) is 1.21. The number of nitrogens with one attached hydrogen (secondary N) is 1. The van der Waals surface area contributed by atoms with Crippen molar-refractivity contribution in [3.63, 3.8) is 0 Å². The highest BCUT2D eigenvalue weighted by molar-refractivity contribution is 4.79. The van der Waals surface area contributed by atoms with Crippen LogP contribution < -0.4 is 5.73 Å². The van der Waals surface area contributed by atoms with Gasteiger partial charge in [0.2, 0.25) is 0 Å². The molecule has 8 heavy (non-hydrogen) atoms. The fraction of sp³-hybridized carbons (Fsp3) is 1.00. The van der Waals surface area contributed by atoms with Crippen LogP contribution in [0.2, 0.25) is 0 Å². The molecular formula is C6H12NO. The van der Waals surface area contributed by atoms with E-state index in [1.54, 1.807) is 7.11 Å². The van der Waals surface area contributed by atoms with Crippen molar-refractivity contribution in [2.75, 3.05) is 7.11 Å². The van der Waals surface area contributed by atoms with Crippen molar-refractivity contribution in [1.29, 1.82) is 0 Å². The monoisotopic (exact) mass is 114 g/mol. The molecule has 0 aromatic heterocycles. The lowest BCUT2D eigenvalue weighted by Crippen LogP contribution is -2.22. The van der Waals surface area contributed by atoms with Gasteiger partial charge in [0, 0.05) is 13.2 Å². The molecule has 1 aliphatic rings. The molecule has 47 valence electrons. The van der Waals surface area contributed by atoms with Gasteiger partial charge in [-0.05, 0) is 19.3 Å². The van der Waals surface area contributed by atoms with E-state index in [2.05, 4.69) is 0 Å². The molecule has 1 saturated carbocycles. The van der Waals surface area contributed by atoms with Gasteiger partial charge in [0.05, 0.1) is 6.10 Å². The molecular weight excluding hydrogens is 102 g/mol. The number of hydrogen-bond donors (Lipinski definition) is 0. The van der Waals surface area contributed by atoms with Crippen LogP contribution in [0.1, 0.15) is 19.3 Å². The molecule has 0 bridgehead atoms. The summed E-state index contributed by atoms with van der Waals surface area (Å²) in [5.74, 6) is 0. The molecule has 2 nitrogen and oxygen atoms in total. The zero-order chi connectivity index (χ0) is 5.98. The summed E-state index contributed by atoms with van der Waals surface area (Å²) in [4.78, 5) is 0. The molecule has 1 fully saturated rings. The Bertz CT molecular complexity index is 74.9. The molecule has 0 aromatic rings. The number of methoxy groups -OCH3 is 1. The molecule has 0 aliphatic heterocycles. The molecule has 0 amide bonds. The lowest BCUT2D eigenvalue weighted by Gasteiger charge is -2.10. The van der Waals surface area contributed by atoms with Gasteiger partial charge in [0.1, 0.15) is 0 Å². The second-order valence-electron chi connectivity index (χ2n) is 2.31.